The molecule has 0 aromatic heterocycles. The number of benzene rings is 2. The Hall–Kier alpha value is -2.28. The van der Waals surface area contributed by atoms with Crippen LogP contribution in [0.4, 0.5) is 5.69 Å². The number of hydrogen-bond acceptors (Lipinski definition) is 4. The number of ether oxygens (including phenoxy) is 1. The first-order valence-electron chi connectivity index (χ1n) is 10.9. The average Bonchev–Trinajstić information content (AvgIpc) is 2.74. The molecule has 0 saturated carbocycles. The Morgan fingerprint density at radius 1 is 1.26 bits per heavy atom. The molecule has 1 aliphatic rings. The predicted molar refractivity (Wildman–Crippen MR) is 124 cm³/mol. The zero-order valence-electron chi connectivity index (χ0n) is 18.3. The van der Waals surface area contributed by atoms with E-state index in [1.165, 1.54) is 37.5 Å². The summed E-state index contributed by atoms with van der Waals surface area (Å²) in [6, 6.07) is 13.5. The monoisotopic (exact) mass is 446 g/mol. The van der Waals surface area contributed by atoms with E-state index in [2.05, 4.69) is 34.6 Å². The van der Waals surface area contributed by atoms with E-state index < -0.39 is 0 Å². The number of rotatable bonds is 9. The van der Waals surface area contributed by atoms with Crippen LogP contribution in [0.1, 0.15) is 32.3 Å². The number of halogens is 1. The third-order valence-electron chi connectivity index (χ3n) is 5.62. The molecule has 3 rings (SSSR count). The van der Waals surface area contributed by atoms with E-state index in [0.29, 0.717) is 30.0 Å². The summed E-state index contributed by atoms with van der Waals surface area (Å²) in [5.74, 6) is 0.796. The molecule has 2 aromatic carbocycles. The van der Waals surface area contributed by atoms with E-state index in [4.69, 9.17) is 16.3 Å². The zero-order chi connectivity index (χ0) is 22.2. The number of phenolic OH excluding ortho intramolecular Hbond substituents is 1. The lowest BCUT2D eigenvalue weighted by atomic mass is 10.0. The van der Waals surface area contributed by atoms with Crippen molar-refractivity contribution in [2.75, 3.05) is 31.6 Å². The van der Waals surface area contributed by atoms with Crippen molar-refractivity contribution in [2.45, 2.75) is 39.3 Å². The Bertz CT molecular complexity index is 852. The van der Waals surface area contributed by atoms with Crippen molar-refractivity contribution >= 4 is 23.2 Å². The summed E-state index contributed by atoms with van der Waals surface area (Å²) in [7, 11) is 0. The fourth-order valence-electron chi connectivity index (χ4n) is 3.84. The molecule has 1 saturated heterocycles. The molecule has 0 spiro atoms. The predicted octanol–water partition coefficient (Wildman–Crippen LogP) is 3.25. The smallest absolute Gasteiger partial charge is 0.221 e. The number of aromatic hydroxyl groups is 1. The molecule has 168 valence electrons. The number of likely N-dealkylation sites (tertiary alicyclic amines) is 1. The first-order valence-corrected chi connectivity index (χ1v) is 11.3. The molecule has 31 heavy (non-hydrogen) atoms. The van der Waals surface area contributed by atoms with E-state index in [9.17, 15) is 9.90 Å². The number of carbonyl (C=O) groups excluding carboxylic acids is 1. The van der Waals surface area contributed by atoms with E-state index in [1.54, 1.807) is 6.07 Å². The summed E-state index contributed by atoms with van der Waals surface area (Å²) in [6.07, 6.45) is 2.36. The van der Waals surface area contributed by atoms with Crippen molar-refractivity contribution in [3.05, 3.63) is 53.1 Å². The molecule has 1 amide bonds. The van der Waals surface area contributed by atoms with E-state index >= 15 is 0 Å². The zero-order valence-corrected chi connectivity index (χ0v) is 19.1. The van der Waals surface area contributed by atoms with Gasteiger partial charge in [0.25, 0.3) is 0 Å². The van der Waals surface area contributed by atoms with Crippen LogP contribution in [0.15, 0.2) is 42.5 Å². The maximum absolute atomic E-state index is 11.4. The number of hydrogen-bond donors (Lipinski definition) is 3. The van der Waals surface area contributed by atoms with Gasteiger partial charge in [0.05, 0.1) is 24.9 Å². The van der Waals surface area contributed by atoms with Crippen molar-refractivity contribution in [3.8, 4) is 11.5 Å². The molecule has 2 aromatic rings. The summed E-state index contributed by atoms with van der Waals surface area (Å²) in [6.45, 7) is 8.32. The molecule has 1 fully saturated rings. The molecule has 6 nitrogen and oxygen atoms in total. The van der Waals surface area contributed by atoms with Gasteiger partial charge in [0.2, 0.25) is 5.91 Å². The van der Waals surface area contributed by atoms with Gasteiger partial charge in [0.15, 0.2) is 0 Å². The molecule has 1 unspecified atom stereocenters. The lowest BCUT2D eigenvalue weighted by Crippen LogP contribution is -2.92. The molecule has 4 N–H and O–H groups in total. The highest BCUT2D eigenvalue weighted by Crippen LogP contribution is 2.29. The number of nitrogens with one attached hydrogen (secondary N) is 1. The minimum Gasteiger partial charge on any atom is -0.508 e. The summed E-state index contributed by atoms with van der Waals surface area (Å²) in [5, 5.41) is 15.7. The summed E-state index contributed by atoms with van der Waals surface area (Å²) in [5.41, 5.74) is 1.89. The van der Waals surface area contributed by atoms with Crippen LogP contribution in [0.5, 0.6) is 11.5 Å². The topological polar surface area (TPSA) is 78.4 Å². The summed E-state index contributed by atoms with van der Waals surface area (Å²) >= 11 is 5.97. The van der Waals surface area contributed by atoms with Gasteiger partial charge in [-0.15, -0.1) is 0 Å². The van der Waals surface area contributed by atoms with Crippen molar-refractivity contribution in [1.29, 1.82) is 0 Å². The first-order chi connectivity index (χ1) is 14.9. The highest BCUT2D eigenvalue weighted by Gasteiger charge is 2.22. The fraction of sp³-hybridized carbons (Fsp3) is 0.458. The number of anilines is 1. The van der Waals surface area contributed by atoms with Crippen molar-refractivity contribution in [3.63, 3.8) is 0 Å². The van der Waals surface area contributed by atoms with E-state index in [1.807, 2.05) is 12.1 Å². The van der Waals surface area contributed by atoms with Gasteiger partial charge in [0.1, 0.15) is 11.5 Å². The second-order valence-electron chi connectivity index (χ2n) is 8.49. The van der Waals surface area contributed by atoms with Gasteiger partial charge in [-0.25, -0.2) is 0 Å². The standard InChI is InChI=1S/C24H32ClN3O3/c1-17(16-31-24-13-22(30)7-8-23(24)27-18(2)29)14-26-21-9-11-28(12-10-21)15-19-3-5-20(25)6-4-19/h3-8,13,17,21,26,30H,9-12,14-16H2,1-2H3,(H,27,29)/p+1. The van der Waals surface area contributed by atoms with Gasteiger partial charge >= 0.3 is 0 Å². The van der Waals surface area contributed by atoms with Gasteiger partial charge in [-0.2, -0.15) is 0 Å². The number of phenols is 1. The maximum atomic E-state index is 11.4. The van der Waals surface area contributed by atoms with E-state index in [0.717, 1.165) is 31.2 Å². The molecule has 1 atom stereocenters. The average molecular weight is 447 g/mol. The largest absolute Gasteiger partial charge is 0.508 e. The number of carbonyl (C=O) groups is 1. The van der Waals surface area contributed by atoms with Crippen LogP contribution in [-0.4, -0.2) is 48.2 Å². The van der Waals surface area contributed by atoms with Crippen LogP contribution in [0, 0.1) is 5.92 Å². The van der Waals surface area contributed by atoms with Gasteiger partial charge in [-0.05, 0) is 29.8 Å². The SMILES string of the molecule is CC(=O)Nc1ccc(O)cc1OCC(C)C[NH2+]C1CCN(Cc2ccc(Cl)cc2)CC1. The first kappa shape index (κ1) is 23.4. The molecule has 7 heteroatoms. The van der Waals surface area contributed by atoms with Crippen molar-refractivity contribution in [2.24, 2.45) is 5.92 Å². The normalized spacial score (nSPS) is 16.1. The summed E-state index contributed by atoms with van der Waals surface area (Å²) < 4.78 is 5.90. The van der Waals surface area contributed by atoms with Crippen LogP contribution in [0.2, 0.25) is 5.02 Å². The third-order valence-corrected chi connectivity index (χ3v) is 5.87. The van der Waals surface area contributed by atoms with Crippen molar-refractivity contribution < 1.29 is 20.0 Å². The molecule has 0 bridgehead atoms. The van der Waals surface area contributed by atoms with Crippen molar-refractivity contribution in [1.82, 2.24) is 4.90 Å². The molecule has 0 radical (unpaired) electrons. The van der Waals surface area contributed by atoms with Crippen LogP contribution < -0.4 is 15.4 Å². The van der Waals surface area contributed by atoms with Gasteiger partial charge < -0.3 is 20.5 Å². The second-order valence-corrected chi connectivity index (χ2v) is 8.93. The van der Waals surface area contributed by atoms with Crippen LogP contribution >= 0.6 is 11.6 Å². The third kappa shape index (κ3) is 7.73. The molecular weight excluding hydrogens is 414 g/mol. The number of nitrogens with zero attached hydrogens (tertiary/aromatic N) is 1. The quantitative estimate of drug-likeness (QED) is 0.517. The lowest BCUT2D eigenvalue weighted by Gasteiger charge is -2.31. The maximum Gasteiger partial charge on any atom is 0.221 e. The highest BCUT2D eigenvalue weighted by molar-refractivity contribution is 6.30. The number of piperidine rings is 1. The number of amides is 1. The molecule has 1 aliphatic heterocycles. The minimum absolute atomic E-state index is 0.119. The lowest BCUT2D eigenvalue weighted by molar-refractivity contribution is -0.696. The molecule has 1 heterocycles. The Morgan fingerprint density at radius 2 is 1.97 bits per heavy atom. The second kappa shape index (κ2) is 11.4. The molecule has 0 aliphatic carbocycles. The fourth-order valence-corrected chi connectivity index (χ4v) is 3.97. The minimum atomic E-state index is -0.167. The highest BCUT2D eigenvalue weighted by atomic mass is 35.5. The van der Waals surface area contributed by atoms with Crippen LogP contribution in [-0.2, 0) is 11.3 Å². The van der Waals surface area contributed by atoms with E-state index in [-0.39, 0.29) is 11.7 Å². The number of quaternary nitrogens is 1. The van der Waals surface area contributed by atoms with Crippen LogP contribution in [0.25, 0.3) is 0 Å². The Kier molecular flexibility index (Phi) is 8.58. The Morgan fingerprint density at radius 3 is 2.65 bits per heavy atom. The number of nitrogens with two attached hydrogens (primary N) is 1. The Balaban J connectivity index is 1.38. The van der Waals surface area contributed by atoms with Crippen LogP contribution in [0.3, 0.4) is 0 Å². The Labute approximate surface area is 189 Å². The van der Waals surface area contributed by atoms with Gasteiger partial charge in [-0.1, -0.05) is 30.7 Å². The van der Waals surface area contributed by atoms with Gasteiger partial charge in [0, 0.05) is 56.4 Å². The van der Waals surface area contributed by atoms with Gasteiger partial charge in [-0.3, -0.25) is 9.69 Å². The summed E-state index contributed by atoms with van der Waals surface area (Å²) in [4.78, 5) is 13.9. The molecular formula is C24H33ClN3O3+.